The average Bonchev–Trinajstić information content (AvgIpc) is 2.46. The summed E-state index contributed by atoms with van der Waals surface area (Å²) in [5.74, 6) is 0. The zero-order chi connectivity index (χ0) is 11.2. The molecule has 0 unspecified atom stereocenters. The molecule has 15 heavy (non-hydrogen) atoms. The van der Waals surface area contributed by atoms with E-state index in [1.165, 1.54) is 0 Å². The Morgan fingerprint density at radius 1 is 1.33 bits per heavy atom. The summed E-state index contributed by atoms with van der Waals surface area (Å²) in [7, 11) is 0. The number of hydrogen-bond donors (Lipinski definition) is 1. The minimum absolute atomic E-state index is 0.307. The maximum atomic E-state index is 12.4. The van der Waals surface area contributed by atoms with Gasteiger partial charge in [-0.25, -0.2) is 0 Å². The summed E-state index contributed by atoms with van der Waals surface area (Å²) in [6, 6.07) is 2.13. The summed E-state index contributed by atoms with van der Waals surface area (Å²) in [4.78, 5) is 0. The first kappa shape index (κ1) is 11.2. The van der Waals surface area contributed by atoms with Crippen LogP contribution in [0, 0.1) is 3.57 Å². The second-order valence-electron chi connectivity index (χ2n) is 2.89. The standard InChI is InChI=1S/C8H3BrF3IN2/c9-7-6-4(13)1-3(8(10,11)12)2-5(6)14-15-7/h1-2H,(H,14,15). The number of aromatic nitrogens is 2. The molecule has 0 saturated carbocycles. The van der Waals surface area contributed by atoms with Gasteiger partial charge < -0.3 is 0 Å². The normalized spacial score (nSPS) is 12.3. The smallest absolute Gasteiger partial charge is 0.270 e. The van der Waals surface area contributed by atoms with Crippen molar-refractivity contribution < 1.29 is 13.2 Å². The van der Waals surface area contributed by atoms with Gasteiger partial charge in [0.1, 0.15) is 4.60 Å². The number of rotatable bonds is 0. The van der Waals surface area contributed by atoms with Gasteiger partial charge in [-0.05, 0) is 50.7 Å². The van der Waals surface area contributed by atoms with Gasteiger partial charge in [-0.1, -0.05) is 0 Å². The zero-order valence-electron chi connectivity index (χ0n) is 6.99. The third kappa shape index (κ3) is 1.99. The first-order valence-electron chi connectivity index (χ1n) is 3.80. The molecule has 0 atom stereocenters. The first-order valence-corrected chi connectivity index (χ1v) is 5.67. The van der Waals surface area contributed by atoms with E-state index in [-0.39, 0.29) is 0 Å². The number of benzene rings is 1. The Morgan fingerprint density at radius 2 is 2.00 bits per heavy atom. The Kier molecular flexibility index (Phi) is 2.70. The molecule has 0 radical (unpaired) electrons. The lowest BCUT2D eigenvalue weighted by Gasteiger charge is -2.06. The predicted octanol–water partition coefficient (Wildman–Crippen LogP) is 3.95. The SMILES string of the molecule is FC(F)(F)c1cc(I)c2c(Br)[nH]nc2c1. The van der Waals surface area contributed by atoms with Crippen molar-refractivity contribution in [3.05, 3.63) is 25.9 Å². The van der Waals surface area contributed by atoms with Crippen LogP contribution in [0.1, 0.15) is 5.56 Å². The second-order valence-corrected chi connectivity index (χ2v) is 4.84. The third-order valence-electron chi connectivity index (χ3n) is 1.89. The Labute approximate surface area is 105 Å². The lowest BCUT2D eigenvalue weighted by atomic mass is 10.1. The molecule has 1 aromatic carbocycles. The summed E-state index contributed by atoms with van der Waals surface area (Å²) in [5, 5.41) is 7.04. The number of aromatic amines is 1. The molecule has 0 aliphatic carbocycles. The molecule has 1 N–H and O–H groups in total. The highest BCUT2D eigenvalue weighted by Gasteiger charge is 2.31. The average molecular weight is 391 g/mol. The van der Waals surface area contributed by atoms with Crippen molar-refractivity contribution in [2.24, 2.45) is 0 Å². The van der Waals surface area contributed by atoms with Gasteiger partial charge in [0.25, 0.3) is 0 Å². The van der Waals surface area contributed by atoms with Crippen LogP contribution in [0.4, 0.5) is 13.2 Å². The molecule has 1 aromatic heterocycles. The lowest BCUT2D eigenvalue weighted by molar-refractivity contribution is -0.137. The second kappa shape index (κ2) is 3.62. The van der Waals surface area contributed by atoms with Crippen molar-refractivity contribution in [2.75, 3.05) is 0 Å². The van der Waals surface area contributed by atoms with E-state index in [0.29, 0.717) is 19.1 Å². The summed E-state index contributed by atoms with van der Waals surface area (Å²) in [6.45, 7) is 0. The van der Waals surface area contributed by atoms with Crippen LogP contribution >= 0.6 is 38.5 Å². The number of hydrogen-bond acceptors (Lipinski definition) is 1. The van der Waals surface area contributed by atoms with E-state index >= 15 is 0 Å². The van der Waals surface area contributed by atoms with Gasteiger partial charge >= 0.3 is 6.18 Å². The molecule has 2 aromatic rings. The minimum Gasteiger partial charge on any atom is -0.270 e. The van der Waals surface area contributed by atoms with E-state index < -0.39 is 11.7 Å². The van der Waals surface area contributed by atoms with Crippen molar-refractivity contribution >= 4 is 49.4 Å². The molecule has 2 nitrogen and oxygen atoms in total. The minimum atomic E-state index is -4.33. The van der Waals surface area contributed by atoms with Gasteiger partial charge in [0, 0.05) is 8.96 Å². The molecule has 0 spiro atoms. The van der Waals surface area contributed by atoms with Gasteiger partial charge in [0.2, 0.25) is 0 Å². The van der Waals surface area contributed by atoms with Crippen LogP contribution in [0.25, 0.3) is 10.9 Å². The fourth-order valence-corrected chi connectivity index (χ4v) is 2.98. The van der Waals surface area contributed by atoms with Gasteiger partial charge in [0.15, 0.2) is 0 Å². The highest BCUT2D eigenvalue weighted by molar-refractivity contribution is 14.1. The monoisotopic (exact) mass is 390 g/mol. The maximum Gasteiger partial charge on any atom is 0.416 e. The highest BCUT2D eigenvalue weighted by atomic mass is 127. The Bertz CT molecular complexity index is 520. The molecule has 80 valence electrons. The molecule has 1 heterocycles. The van der Waals surface area contributed by atoms with Crippen molar-refractivity contribution in [3.63, 3.8) is 0 Å². The topological polar surface area (TPSA) is 28.7 Å². The third-order valence-corrected chi connectivity index (χ3v) is 3.32. The molecule has 7 heteroatoms. The van der Waals surface area contributed by atoms with Gasteiger partial charge in [-0.2, -0.15) is 18.3 Å². The summed E-state index contributed by atoms with van der Waals surface area (Å²) >= 11 is 5.04. The molecule has 0 amide bonds. The number of fused-ring (bicyclic) bond motifs is 1. The summed E-state index contributed by atoms with van der Waals surface area (Å²) in [5.41, 5.74) is -0.375. The molecule has 0 fully saturated rings. The molecule has 0 saturated heterocycles. The van der Waals surface area contributed by atoms with Gasteiger partial charge in [0.05, 0.1) is 11.1 Å². The number of nitrogens with one attached hydrogen (secondary N) is 1. The van der Waals surface area contributed by atoms with Crippen molar-refractivity contribution in [2.45, 2.75) is 6.18 Å². The highest BCUT2D eigenvalue weighted by Crippen LogP contribution is 2.35. The van der Waals surface area contributed by atoms with Crippen LogP contribution in [0.15, 0.2) is 16.7 Å². The molecular formula is C8H3BrF3IN2. The first-order chi connectivity index (χ1) is 6.89. The number of H-pyrrole nitrogens is 1. The fourth-order valence-electron chi connectivity index (χ4n) is 1.23. The van der Waals surface area contributed by atoms with Crippen LogP contribution in [-0.2, 0) is 6.18 Å². The summed E-state index contributed by atoms with van der Waals surface area (Å²) < 4.78 is 38.5. The van der Waals surface area contributed by atoms with E-state index in [9.17, 15) is 13.2 Å². The molecule has 2 rings (SSSR count). The Morgan fingerprint density at radius 3 is 2.60 bits per heavy atom. The van der Waals surface area contributed by atoms with E-state index in [4.69, 9.17) is 0 Å². The quantitative estimate of drug-likeness (QED) is 0.678. The van der Waals surface area contributed by atoms with Gasteiger partial charge in [-0.3, -0.25) is 5.10 Å². The van der Waals surface area contributed by atoms with E-state index in [1.54, 1.807) is 0 Å². The molecule has 0 bridgehead atoms. The predicted molar refractivity (Wildman–Crippen MR) is 61.5 cm³/mol. The van der Waals surface area contributed by atoms with Crippen molar-refractivity contribution in [1.29, 1.82) is 0 Å². The van der Waals surface area contributed by atoms with Gasteiger partial charge in [-0.15, -0.1) is 0 Å². The molecule has 0 aliphatic heterocycles. The Balaban J connectivity index is 2.74. The number of alkyl halides is 3. The van der Waals surface area contributed by atoms with Crippen LogP contribution < -0.4 is 0 Å². The van der Waals surface area contributed by atoms with Crippen LogP contribution in [0.5, 0.6) is 0 Å². The van der Waals surface area contributed by atoms with E-state index in [0.717, 1.165) is 12.1 Å². The lowest BCUT2D eigenvalue weighted by Crippen LogP contribution is -2.05. The van der Waals surface area contributed by atoms with Crippen molar-refractivity contribution in [1.82, 2.24) is 10.2 Å². The van der Waals surface area contributed by atoms with Crippen LogP contribution in [0.2, 0.25) is 0 Å². The fraction of sp³-hybridized carbons (Fsp3) is 0.125. The Hall–Kier alpha value is -0.310. The van der Waals surface area contributed by atoms with Crippen molar-refractivity contribution in [3.8, 4) is 0 Å². The maximum absolute atomic E-state index is 12.4. The van der Waals surface area contributed by atoms with E-state index in [1.807, 2.05) is 22.6 Å². The molecular weight excluding hydrogens is 388 g/mol. The number of halogens is 5. The van der Waals surface area contributed by atoms with Crippen LogP contribution in [-0.4, -0.2) is 10.2 Å². The molecule has 0 aliphatic rings. The summed E-state index contributed by atoms with van der Waals surface area (Å²) in [6.07, 6.45) is -4.33. The van der Waals surface area contributed by atoms with E-state index in [2.05, 4.69) is 26.1 Å². The number of nitrogens with zero attached hydrogens (tertiary/aromatic N) is 1. The van der Waals surface area contributed by atoms with Crippen LogP contribution in [0.3, 0.4) is 0 Å². The largest absolute Gasteiger partial charge is 0.416 e. The zero-order valence-corrected chi connectivity index (χ0v) is 10.7.